The van der Waals surface area contributed by atoms with Crippen molar-refractivity contribution in [1.82, 2.24) is 10.6 Å². The van der Waals surface area contributed by atoms with Gasteiger partial charge in [-0.2, -0.15) is 0 Å². The summed E-state index contributed by atoms with van der Waals surface area (Å²) in [5.74, 6) is 1.10. The van der Waals surface area contributed by atoms with Gasteiger partial charge >= 0.3 is 0 Å². The Hall–Kier alpha value is -1.06. The van der Waals surface area contributed by atoms with Crippen molar-refractivity contribution in [3.05, 3.63) is 0 Å². The highest BCUT2D eigenvalue weighted by Crippen LogP contribution is 1.95. The van der Waals surface area contributed by atoms with Crippen LogP contribution in [0.4, 0.5) is 0 Å². The Kier molecular flexibility index (Phi) is 4.29. The average molecular weight is 183 g/mol. The van der Waals surface area contributed by atoms with Gasteiger partial charge in [0, 0.05) is 25.9 Å². The summed E-state index contributed by atoms with van der Waals surface area (Å²) in [6.07, 6.45) is 2.28. The minimum absolute atomic E-state index is 0.123. The summed E-state index contributed by atoms with van der Waals surface area (Å²) in [4.78, 5) is 15.4. The van der Waals surface area contributed by atoms with Gasteiger partial charge in [0.05, 0.1) is 12.4 Å². The quantitative estimate of drug-likeness (QED) is 0.644. The maximum Gasteiger partial charge on any atom is 0.220 e. The Balaban J connectivity index is 2.07. The van der Waals surface area contributed by atoms with Crippen molar-refractivity contribution in [2.45, 2.75) is 26.2 Å². The Morgan fingerprint density at radius 2 is 2.54 bits per heavy atom. The third-order valence-corrected chi connectivity index (χ3v) is 1.90. The molecule has 0 aromatic rings. The van der Waals surface area contributed by atoms with E-state index in [1.54, 1.807) is 0 Å². The molecule has 4 nitrogen and oxygen atoms in total. The normalized spacial score (nSPS) is 15.0. The summed E-state index contributed by atoms with van der Waals surface area (Å²) < 4.78 is 0. The van der Waals surface area contributed by atoms with Crippen molar-refractivity contribution in [1.29, 1.82) is 0 Å². The van der Waals surface area contributed by atoms with E-state index in [0.717, 1.165) is 38.3 Å². The van der Waals surface area contributed by atoms with E-state index >= 15 is 0 Å². The van der Waals surface area contributed by atoms with Gasteiger partial charge in [-0.15, -0.1) is 0 Å². The highest BCUT2D eigenvalue weighted by Gasteiger charge is 2.07. The number of nitrogens with zero attached hydrogens (tertiary/aromatic N) is 1. The molecule has 0 saturated carbocycles. The maximum atomic E-state index is 11.2. The predicted molar refractivity (Wildman–Crippen MR) is 52.8 cm³/mol. The molecule has 1 amide bonds. The van der Waals surface area contributed by atoms with Crippen LogP contribution in [0.5, 0.6) is 0 Å². The van der Waals surface area contributed by atoms with Crippen LogP contribution in [0.2, 0.25) is 0 Å². The molecule has 0 unspecified atom stereocenters. The van der Waals surface area contributed by atoms with E-state index in [1.807, 2.05) is 6.92 Å². The molecule has 13 heavy (non-hydrogen) atoms. The van der Waals surface area contributed by atoms with Gasteiger partial charge in [0.15, 0.2) is 0 Å². The first-order valence-corrected chi connectivity index (χ1v) is 4.87. The smallest absolute Gasteiger partial charge is 0.220 e. The van der Waals surface area contributed by atoms with Crippen molar-refractivity contribution in [3.8, 4) is 0 Å². The lowest BCUT2D eigenvalue weighted by atomic mass is 10.2. The Morgan fingerprint density at radius 3 is 3.15 bits per heavy atom. The molecule has 4 heteroatoms. The van der Waals surface area contributed by atoms with Crippen molar-refractivity contribution < 1.29 is 4.79 Å². The van der Waals surface area contributed by atoms with E-state index in [0.29, 0.717) is 6.42 Å². The van der Waals surface area contributed by atoms with E-state index in [2.05, 4.69) is 15.6 Å². The first-order valence-electron chi connectivity index (χ1n) is 4.87. The number of aliphatic imine (C=N–C) groups is 1. The number of carbonyl (C=O) groups excluding carboxylic acids is 1. The topological polar surface area (TPSA) is 53.5 Å². The lowest BCUT2D eigenvalue weighted by Crippen LogP contribution is -2.26. The molecule has 2 N–H and O–H groups in total. The van der Waals surface area contributed by atoms with Crippen molar-refractivity contribution in [2.75, 3.05) is 19.6 Å². The van der Waals surface area contributed by atoms with Crippen LogP contribution in [0, 0.1) is 0 Å². The largest absolute Gasteiger partial charge is 0.372 e. The van der Waals surface area contributed by atoms with Gasteiger partial charge in [-0.1, -0.05) is 6.92 Å². The molecule has 0 bridgehead atoms. The van der Waals surface area contributed by atoms with Crippen LogP contribution < -0.4 is 10.6 Å². The van der Waals surface area contributed by atoms with Gasteiger partial charge < -0.3 is 10.6 Å². The summed E-state index contributed by atoms with van der Waals surface area (Å²) >= 11 is 0. The summed E-state index contributed by atoms with van der Waals surface area (Å²) in [5, 5.41) is 5.97. The first-order chi connectivity index (χ1) is 6.33. The number of amidine groups is 1. The van der Waals surface area contributed by atoms with Crippen LogP contribution in [0.25, 0.3) is 0 Å². The maximum absolute atomic E-state index is 11.2. The van der Waals surface area contributed by atoms with Crippen LogP contribution in [-0.4, -0.2) is 31.4 Å². The minimum atomic E-state index is 0.123. The molecule has 1 heterocycles. The van der Waals surface area contributed by atoms with Gasteiger partial charge in [0.2, 0.25) is 5.91 Å². The Bertz CT molecular complexity index is 201. The van der Waals surface area contributed by atoms with E-state index < -0.39 is 0 Å². The molecule has 0 spiro atoms. The molecule has 74 valence electrons. The van der Waals surface area contributed by atoms with Gasteiger partial charge in [-0.25, -0.2) is 0 Å². The number of hydrogen-bond acceptors (Lipinski definition) is 3. The number of amides is 1. The summed E-state index contributed by atoms with van der Waals surface area (Å²) in [5.41, 5.74) is 0. The van der Waals surface area contributed by atoms with E-state index in [-0.39, 0.29) is 5.91 Å². The standard InChI is InChI=1S/C9H17N3O/c1-2-5-12-9(13)4-3-8-10-6-7-11-8/h2-7H2,1H3,(H,10,11)(H,12,13). The van der Waals surface area contributed by atoms with Crippen molar-refractivity contribution in [3.63, 3.8) is 0 Å². The fraction of sp³-hybridized carbons (Fsp3) is 0.778. The molecule has 0 saturated heterocycles. The fourth-order valence-electron chi connectivity index (χ4n) is 1.20. The second kappa shape index (κ2) is 5.56. The van der Waals surface area contributed by atoms with E-state index in [1.165, 1.54) is 0 Å². The third kappa shape index (κ3) is 3.92. The van der Waals surface area contributed by atoms with Gasteiger partial charge in [0.25, 0.3) is 0 Å². The third-order valence-electron chi connectivity index (χ3n) is 1.90. The zero-order valence-corrected chi connectivity index (χ0v) is 8.10. The molecule has 0 radical (unpaired) electrons. The number of nitrogens with one attached hydrogen (secondary N) is 2. The predicted octanol–water partition coefficient (Wildman–Crippen LogP) is 0.294. The van der Waals surface area contributed by atoms with Crippen LogP contribution in [0.1, 0.15) is 26.2 Å². The SMILES string of the molecule is CCCNC(=O)CCC1=NCCN1. The number of carbonyl (C=O) groups is 1. The lowest BCUT2D eigenvalue weighted by Gasteiger charge is -2.03. The minimum Gasteiger partial charge on any atom is -0.372 e. The first kappa shape index (κ1) is 10.0. The molecular weight excluding hydrogens is 166 g/mol. The monoisotopic (exact) mass is 183 g/mol. The molecule has 1 rings (SSSR count). The lowest BCUT2D eigenvalue weighted by molar-refractivity contribution is -0.120. The molecule has 0 fully saturated rings. The fourth-order valence-corrected chi connectivity index (χ4v) is 1.20. The van der Waals surface area contributed by atoms with Crippen LogP contribution >= 0.6 is 0 Å². The highest BCUT2D eigenvalue weighted by atomic mass is 16.1. The van der Waals surface area contributed by atoms with Gasteiger partial charge in [0.1, 0.15) is 0 Å². The van der Waals surface area contributed by atoms with Crippen LogP contribution in [-0.2, 0) is 4.79 Å². The second-order valence-electron chi connectivity index (χ2n) is 3.11. The van der Waals surface area contributed by atoms with E-state index in [4.69, 9.17) is 0 Å². The van der Waals surface area contributed by atoms with E-state index in [9.17, 15) is 4.79 Å². The van der Waals surface area contributed by atoms with Crippen LogP contribution in [0.3, 0.4) is 0 Å². The number of rotatable bonds is 5. The molecule has 0 atom stereocenters. The molecule has 0 aromatic carbocycles. The van der Waals surface area contributed by atoms with Gasteiger partial charge in [-0.3, -0.25) is 9.79 Å². The summed E-state index contributed by atoms with van der Waals surface area (Å²) in [7, 11) is 0. The van der Waals surface area contributed by atoms with Crippen molar-refractivity contribution in [2.24, 2.45) is 4.99 Å². The van der Waals surface area contributed by atoms with Gasteiger partial charge in [-0.05, 0) is 6.42 Å². The molecule has 1 aliphatic rings. The summed E-state index contributed by atoms with van der Waals surface area (Å²) in [6, 6.07) is 0. The molecule has 0 aromatic heterocycles. The molecular formula is C9H17N3O. The second-order valence-corrected chi connectivity index (χ2v) is 3.11. The Labute approximate surface area is 78.8 Å². The zero-order chi connectivity index (χ0) is 9.52. The molecule has 0 aliphatic carbocycles. The van der Waals surface area contributed by atoms with Crippen LogP contribution in [0.15, 0.2) is 4.99 Å². The summed E-state index contributed by atoms with van der Waals surface area (Å²) in [6.45, 7) is 4.60. The van der Waals surface area contributed by atoms with Crippen molar-refractivity contribution >= 4 is 11.7 Å². The number of hydrogen-bond donors (Lipinski definition) is 2. The average Bonchev–Trinajstić information content (AvgIpc) is 2.64. The highest BCUT2D eigenvalue weighted by molar-refractivity contribution is 5.87. The Morgan fingerprint density at radius 1 is 1.69 bits per heavy atom. The zero-order valence-electron chi connectivity index (χ0n) is 8.10. The molecule has 1 aliphatic heterocycles.